The Hall–Kier alpha value is -3.73. The number of Topliss-reactive ketones (excluding diaryl/α,β-unsaturated/α-hetero) is 1. The molecule has 3 aliphatic carbocycles. The monoisotopic (exact) mass is 489 g/mol. The third kappa shape index (κ3) is 3.49. The number of hydrogen-bond donors (Lipinski definition) is 2. The molecule has 0 aromatic heterocycles. The van der Waals surface area contributed by atoms with Crippen LogP contribution >= 0.6 is 0 Å². The van der Waals surface area contributed by atoms with Crippen LogP contribution in [-0.4, -0.2) is 45.1 Å². The molecule has 1 fully saturated rings. The molecule has 1 aliphatic heterocycles. The number of ether oxygens (including phenoxy) is 1. The van der Waals surface area contributed by atoms with Crippen LogP contribution in [0.1, 0.15) is 31.2 Å². The van der Waals surface area contributed by atoms with E-state index in [4.69, 9.17) is 0 Å². The van der Waals surface area contributed by atoms with Crippen molar-refractivity contribution >= 4 is 23.4 Å². The van der Waals surface area contributed by atoms with Crippen LogP contribution in [0.4, 0.5) is 13.2 Å². The topological polar surface area (TPSA) is 121 Å². The van der Waals surface area contributed by atoms with Gasteiger partial charge in [-0.3, -0.25) is 24.4 Å². The summed E-state index contributed by atoms with van der Waals surface area (Å²) in [6.07, 6.45) is -2.29. The van der Waals surface area contributed by atoms with E-state index in [1.165, 1.54) is 6.92 Å². The number of rotatable bonds is 2. The van der Waals surface area contributed by atoms with Crippen molar-refractivity contribution in [1.29, 1.82) is 0 Å². The third-order valence-electron chi connectivity index (χ3n) is 7.09. The van der Waals surface area contributed by atoms with Gasteiger partial charge in [-0.25, -0.2) is 0 Å². The van der Waals surface area contributed by atoms with Gasteiger partial charge in [0.05, 0.1) is 11.8 Å². The first-order chi connectivity index (χ1) is 16.4. The second-order valence-corrected chi connectivity index (χ2v) is 8.99. The van der Waals surface area contributed by atoms with E-state index in [1.54, 1.807) is 6.08 Å². The second-order valence-electron chi connectivity index (χ2n) is 8.99. The van der Waals surface area contributed by atoms with Crippen molar-refractivity contribution < 1.29 is 47.4 Å². The lowest BCUT2D eigenvalue weighted by atomic mass is 9.59. The minimum Gasteiger partial charge on any atom is -0.508 e. The fraction of sp³-hybridized carbons (Fsp3) is 0.333. The van der Waals surface area contributed by atoms with Crippen LogP contribution in [0.5, 0.6) is 11.5 Å². The van der Waals surface area contributed by atoms with Crippen molar-refractivity contribution in [3.63, 3.8) is 0 Å². The number of imide groups is 1. The Morgan fingerprint density at radius 1 is 1.09 bits per heavy atom. The molecule has 11 heteroatoms. The average Bonchev–Trinajstić information content (AvgIpc) is 3.01. The van der Waals surface area contributed by atoms with E-state index in [2.05, 4.69) is 4.74 Å². The molecular formula is C24H18F3NO7. The molecule has 4 unspecified atom stereocenters. The lowest BCUT2D eigenvalue weighted by Gasteiger charge is -2.42. The van der Waals surface area contributed by atoms with Gasteiger partial charge in [-0.2, -0.15) is 5.06 Å². The van der Waals surface area contributed by atoms with Gasteiger partial charge in [0.15, 0.2) is 11.6 Å². The number of fused-ring (bicyclic) bond motifs is 3. The number of alkyl halides is 3. The summed E-state index contributed by atoms with van der Waals surface area (Å²) in [6.45, 7) is 1.43. The van der Waals surface area contributed by atoms with Crippen LogP contribution in [-0.2, 0) is 19.2 Å². The largest absolute Gasteiger partial charge is 0.573 e. The van der Waals surface area contributed by atoms with Crippen molar-refractivity contribution in [3.8, 4) is 11.5 Å². The normalized spacial score (nSPS) is 28.4. The fourth-order valence-corrected chi connectivity index (χ4v) is 5.66. The SMILES string of the molecule is CC1=CC(=O)C2=C(C1=O)C(c1cc(OC(F)(F)F)ccc1O)C1=CCC3C(=O)N(O)C(=O)C3C1C2. The number of carbonyl (C=O) groups is 4. The summed E-state index contributed by atoms with van der Waals surface area (Å²) < 4.78 is 42.6. The van der Waals surface area contributed by atoms with Crippen LogP contribution in [0.2, 0.25) is 0 Å². The number of hydrogen-bond acceptors (Lipinski definition) is 7. The van der Waals surface area contributed by atoms with E-state index in [9.17, 15) is 42.7 Å². The van der Waals surface area contributed by atoms with Gasteiger partial charge < -0.3 is 9.84 Å². The highest BCUT2D eigenvalue weighted by Gasteiger charge is 2.56. The Morgan fingerprint density at radius 2 is 1.80 bits per heavy atom. The van der Waals surface area contributed by atoms with Crippen LogP contribution < -0.4 is 4.74 Å². The highest BCUT2D eigenvalue weighted by Crippen LogP contribution is 2.56. The van der Waals surface area contributed by atoms with Crippen molar-refractivity contribution in [3.05, 3.63) is 58.2 Å². The minimum atomic E-state index is -5.01. The van der Waals surface area contributed by atoms with Gasteiger partial charge >= 0.3 is 6.36 Å². The zero-order valence-corrected chi connectivity index (χ0v) is 18.1. The molecule has 8 nitrogen and oxygen atoms in total. The van der Waals surface area contributed by atoms with Gasteiger partial charge in [-0.1, -0.05) is 11.6 Å². The number of phenolic OH excluding ortho intramolecular Hbond substituents is 1. The van der Waals surface area contributed by atoms with Gasteiger partial charge in [0.25, 0.3) is 11.8 Å². The first-order valence-electron chi connectivity index (χ1n) is 10.7. The number of ketones is 2. The lowest BCUT2D eigenvalue weighted by molar-refractivity contribution is -0.274. The predicted molar refractivity (Wildman–Crippen MR) is 110 cm³/mol. The molecular weight excluding hydrogens is 471 g/mol. The average molecular weight is 489 g/mol. The fourth-order valence-electron chi connectivity index (χ4n) is 5.66. The van der Waals surface area contributed by atoms with Gasteiger partial charge in [0.1, 0.15) is 11.5 Å². The first-order valence-corrected chi connectivity index (χ1v) is 10.7. The van der Waals surface area contributed by atoms with Gasteiger partial charge in [-0.15, -0.1) is 13.2 Å². The Bertz CT molecular complexity index is 1310. The summed E-state index contributed by atoms with van der Waals surface area (Å²) in [6, 6.07) is 2.85. The summed E-state index contributed by atoms with van der Waals surface area (Å²) in [5.74, 6) is -7.55. The Morgan fingerprint density at radius 3 is 2.49 bits per heavy atom. The van der Waals surface area contributed by atoms with Gasteiger partial charge in [0, 0.05) is 28.2 Å². The summed E-state index contributed by atoms with van der Waals surface area (Å²) in [7, 11) is 0. The summed E-state index contributed by atoms with van der Waals surface area (Å²) >= 11 is 0. The van der Waals surface area contributed by atoms with E-state index in [0.717, 1.165) is 24.3 Å². The van der Waals surface area contributed by atoms with Crippen molar-refractivity contribution in [2.75, 3.05) is 0 Å². The molecule has 1 aromatic rings. The highest BCUT2D eigenvalue weighted by atomic mass is 19.4. The zero-order chi connectivity index (χ0) is 25.4. The maximum Gasteiger partial charge on any atom is 0.573 e. The number of phenols is 1. The number of halogens is 3. The van der Waals surface area contributed by atoms with Crippen molar-refractivity contribution in [2.24, 2.45) is 17.8 Å². The highest BCUT2D eigenvalue weighted by molar-refractivity contribution is 6.23. The van der Waals surface area contributed by atoms with E-state index < -0.39 is 64.9 Å². The molecule has 35 heavy (non-hydrogen) atoms. The van der Waals surface area contributed by atoms with Crippen LogP contribution in [0.25, 0.3) is 0 Å². The number of benzene rings is 1. The van der Waals surface area contributed by atoms with E-state index in [0.29, 0.717) is 5.57 Å². The van der Waals surface area contributed by atoms with Crippen LogP contribution in [0.3, 0.4) is 0 Å². The number of amides is 2. The number of allylic oxidation sites excluding steroid dienone is 6. The maximum atomic E-state index is 13.2. The molecule has 1 aromatic carbocycles. The molecule has 4 aliphatic rings. The van der Waals surface area contributed by atoms with Crippen LogP contribution in [0.15, 0.2) is 52.6 Å². The van der Waals surface area contributed by atoms with Gasteiger partial charge in [0.2, 0.25) is 0 Å². The zero-order valence-electron chi connectivity index (χ0n) is 18.1. The first kappa shape index (κ1) is 23.0. The number of hydroxylamine groups is 2. The smallest absolute Gasteiger partial charge is 0.508 e. The Balaban J connectivity index is 1.71. The molecule has 5 rings (SSSR count). The van der Waals surface area contributed by atoms with E-state index in [1.807, 2.05) is 0 Å². The summed E-state index contributed by atoms with van der Waals surface area (Å²) in [5, 5.41) is 20.6. The van der Waals surface area contributed by atoms with E-state index >= 15 is 0 Å². The molecule has 0 bridgehead atoms. The third-order valence-corrected chi connectivity index (χ3v) is 7.09. The predicted octanol–water partition coefficient (Wildman–Crippen LogP) is 3.11. The molecule has 0 saturated carbocycles. The molecule has 4 atom stereocenters. The molecule has 1 heterocycles. The van der Waals surface area contributed by atoms with Gasteiger partial charge in [-0.05, 0) is 50.0 Å². The number of nitrogens with zero attached hydrogens (tertiary/aromatic N) is 1. The minimum absolute atomic E-state index is 0.00744. The summed E-state index contributed by atoms with van der Waals surface area (Å²) in [5.41, 5.74) is 0.501. The molecule has 1 saturated heterocycles. The summed E-state index contributed by atoms with van der Waals surface area (Å²) in [4.78, 5) is 51.2. The van der Waals surface area contributed by atoms with Crippen molar-refractivity contribution in [1.82, 2.24) is 5.06 Å². The second kappa shape index (κ2) is 7.64. The Labute approximate surface area is 195 Å². The number of carbonyl (C=O) groups excluding carboxylic acids is 4. The van der Waals surface area contributed by atoms with E-state index in [-0.39, 0.29) is 40.2 Å². The molecule has 0 radical (unpaired) electrons. The van der Waals surface area contributed by atoms with Crippen LogP contribution in [0, 0.1) is 17.8 Å². The Kier molecular flexibility index (Phi) is 5.03. The quantitative estimate of drug-likeness (QED) is 0.283. The number of aromatic hydroxyl groups is 1. The maximum absolute atomic E-state index is 13.2. The molecule has 2 N–H and O–H groups in total. The molecule has 2 amide bonds. The molecule has 182 valence electrons. The lowest BCUT2D eigenvalue weighted by Crippen LogP contribution is -2.39. The van der Waals surface area contributed by atoms with Crippen molar-refractivity contribution in [2.45, 2.75) is 32.0 Å². The molecule has 0 spiro atoms. The standard InChI is InChI=1S/C24H18F3NO7/c1-9-6-17(30)15-8-13-11(3-4-12-19(13)23(33)28(34)22(12)32)18(20(15)21(9)31)14-7-10(2-5-16(14)29)35-24(25,26)27/h2-3,5-7,12-13,18-19,29,34H,4,8H2,1H3.